The third kappa shape index (κ3) is 8.72. The standard InChI is InChI=1S/C37H22N2O.C27H23BN2O3.C16H11Br/c1-2-10-27-24(8-1)9-7-13-28(27)25-18-16-23(17-19-25)26-20-21-34-31(22-26)35-36(40-34)29-11-3-4-12-30(29)37-38-32-14-5-6-15-33(32)39(35)37;1-26(2)27(3,4)33-28(32-26)16-13-14-22-19(15-16)23-24(31-22)17-9-5-6-10-18(17)25-29-20-11-7-8-12-21(20)30(23)25;17-14-10-8-13(9-11-14)16-7-3-5-12-4-1-2-6-15(12)16/h1-22H;5-15H,1-4H3;1-11H. The molecule has 8 nitrogen and oxygen atoms in total. The molecule has 10 heteroatoms. The normalized spacial score (nSPS) is 13.9. The largest absolute Gasteiger partial charge is 0.494 e. The molecule has 1 fully saturated rings. The molecular formula is C80H56BBrN4O4. The maximum absolute atomic E-state index is 6.55. The summed E-state index contributed by atoms with van der Waals surface area (Å²) >= 11 is 3.47. The Hall–Kier alpha value is -10.4. The Morgan fingerprint density at radius 2 is 0.756 bits per heavy atom. The van der Waals surface area contributed by atoms with Crippen LogP contribution in [0.25, 0.3) is 154 Å². The average molecular weight is 1230 g/mol. The monoisotopic (exact) mass is 1230 g/mol. The molecule has 0 spiro atoms. The molecule has 0 radical (unpaired) electrons. The van der Waals surface area contributed by atoms with E-state index in [0.717, 1.165) is 115 Å². The van der Waals surface area contributed by atoms with Crippen molar-refractivity contribution in [3.05, 3.63) is 271 Å². The Morgan fingerprint density at radius 1 is 0.356 bits per heavy atom. The first kappa shape index (κ1) is 53.8. The number of hydrogen-bond donors (Lipinski definition) is 0. The molecular weight excluding hydrogens is 1170 g/mol. The molecule has 430 valence electrons. The third-order valence-electron chi connectivity index (χ3n) is 18.5. The third-order valence-corrected chi connectivity index (χ3v) is 19.1. The van der Waals surface area contributed by atoms with Crippen LogP contribution in [0, 0.1) is 0 Å². The van der Waals surface area contributed by atoms with Crippen molar-refractivity contribution in [2.45, 2.75) is 38.9 Å². The van der Waals surface area contributed by atoms with Crippen molar-refractivity contribution in [3.63, 3.8) is 0 Å². The first-order valence-electron chi connectivity index (χ1n) is 30.5. The predicted molar refractivity (Wildman–Crippen MR) is 376 cm³/mol. The van der Waals surface area contributed by atoms with Gasteiger partial charge in [0.15, 0.2) is 11.2 Å². The van der Waals surface area contributed by atoms with Crippen molar-refractivity contribution >= 4 is 149 Å². The van der Waals surface area contributed by atoms with Gasteiger partial charge >= 0.3 is 7.12 Å². The van der Waals surface area contributed by atoms with Gasteiger partial charge in [-0.2, -0.15) is 0 Å². The van der Waals surface area contributed by atoms with Crippen molar-refractivity contribution in [2.75, 3.05) is 0 Å². The van der Waals surface area contributed by atoms with Gasteiger partial charge in [-0.1, -0.05) is 222 Å². The fraction of sp³-hybridized carbons (Fsp3) is 0.0750. The van der Waals surface area contributed by atoms with Gasteiger partial charge in [-0.15, -0.1) is 0 Å². The topological polar surface area (TPSA) is 79.3 Å². The summed E-state index contributed by atoms with van der Waals surface area (Å²) in [5, 5.41) is 11.5. The van der Waals surface area contributed by atoms with Crippen LogP contribution >= 0.6 is 15.9 Å². The van der Waals surface area contributed by atoms with E-state index in [1.54, 1.807) is 0 Å². The highest BCUT2D eigenvalue weighted by Gasteiger charge is 2.51. The molecule has 0 aliphatic carbocycles. The van der Waals surface area contributed by atoms with E-state index < -0.39 is 18.3 Å². The number of aromatic nitrogens is 4. The van der Waals surface area contributed by atoms with Crippen molar-refractivity contribution < 1.29 is 18.1 Å². The van der Waals surface area contributed by atoms with Crippen LogP contribution in [0.4, 0.5) is 0 Å². The smallest absolute Gasteiger partial charge is 0.454 e. The zero-order valence-electron chi connectivity index (χ0n) is 49.8. The van der Waals surface area contributed by atoms with E-state index in [1.165, 1.54) is 49.4 Å². The van der Waals surface area contributed by atoms with Crippen molar-refractivity contribution in [1.29, 1.82) is 0 Å². The molecule has 6 aromatic heterocycles. The number of para-hydroxylation sites is 4. The number of pyridine rings is 2. The lowest BCUT2D eigenvalue weighted by Crippen LogP contribution is -2.41. The SMILES string of the molecule is Brc1ccc(-c2cccc3ccccc23)cc1.CC1(C)OB(c2ccc3oc4c5ccccc5c5nc6ccccc6n5c4c3c2)OC1(C)C.c1ccc2c(-c3ccc(-c4ccc5oc6c7ccccc7c7nc8ccccc8n7c6c5c4)cc3)cccc2c1. The summed E-state index contributed by atoms with van der Waals surface area (Å²) < 4.78 is 31.3. The van der Waals surface area contributed by atoms with Gasteiger partial charge in [0, 0.05) is 36.8 Å². The Morgan fingerprint density at radius 3 is 1.28 bits per heavy atom. The molecule has 0 N–H and O–H groups in total. The second kappa shape index (κ2) is 20.9. The molecule has 0 saturated carbocycles. The number of imidazole rings is 2. The fourth-order valence-electron chi connectivity index (χ4n) is 13.3. The Bertz CT molecular complexity index is 5880. The second-order valence-corrected chi connectivity index (χ2v) is 25.3. The lowest BCUT2D eigenvalue weighted by molar-refractivity contribution is 0.00578. The molecule has 0 amide bonds. The number of hydrogen-bond acceptors (Lipinski definition) is 6. The van der Waals surface area contributed by atoms with Crippen LogP contribution in [-0.2, 0) is 9.31 Å². The van der Waals surface area contributed by atoms with Gasteiger partial charge in [0.1, 0.15) is 33.5 Å². The Kier molecular flexibility index (Phi) is 12.5. The minimum atomic E-state index is -0.431. The summed E-state index contributed by atoms with van der Waals surface area (Å²) in [7, 11) is -0.431. The molecule has 18 aromatic rings. The maximum Gasteiger partial charge on any atom is 0.494 e. The summed E-state index contributed by atoms with van der Waals surface area (Å²) in [6, 6.07) is 93.3. The average Bonchev–Trinajstić information content (AvgIpc) is 1.58. The zero-order chi connectivity index (χ0) is 60.4. The molecule has 1 saturated heterocycles. The highest BCUT2D eigenvalue weighted by molar-refractivity contribution is 9.10. The number of nitrogens with zero attached hydrogens (tertiary/aromatic N) is 4. The van der Waals surface area contributed by atoms with Crippen LogP contribution in [0.2, 0.25) is 0 Å². The van der Waals surface area contributed by atoms with Gasteiger partial charge in [0.25, 0.3) is 0 Å². The summed E-state index contributed by atoms with van der Waals surface area (Å²) in [6.45, 7) is 8.30. The van der Waals surface area contributed by atoms with E-state index in [4.69, 9.17) is 28.1 Å². The number of benzene rings is 12. The number of rotatable bonds is 4. The predicted octanol–water partition coefficient (Wildman–Crippen LogP) is 21.1. The van der Waals surface area contributed by atoms with Gasteiger partial charge in [-0.3, -0.25) is 8.80 Å². The lowest BCUT2D eigenvalue weighted by Gasteiger charge is -2.32. The minimum absolute atomic E-state index is 0.394. The summed E-state index contributed by atoms with van der Waals surface area (Å²) in [6.07, 6.45) is 0. The molecule has 0 atom stereocenters. The molecule has 0 unspecified atom stereocenters. The van der Waals surface area contributed by atoms with Crippen LogP contribution in [0.3, 0.4) is 0 Å². The molecule has 7 heterocycles. The molecule has 1 aliphatic rings. The lowest BCUT2D eigenvalue weighted by atomic mass is 9.78. The number of halogens is 1. The molecule has 12 aromatic carbocycles. The van der Waals surface area contributed by atoms with Crippen molar-refractivity contribution in [2.24, 2.45) is 0 Å². The van der Waals surface area contributed by atoms with Crippen LogP contribution in [-0.4, -0.2) is 37.1 Å². The van der Waals surface area contributed by atoms with E-state index in [9.17, 15) is 0 Å². The zero-order valence-corrected chi connectivity index (χ0v) is 51.4. The van der Waals surface area contributed by atoms with E-state index >= 15 is 0 Å². The first-order valence-corrected chi connectivity index (χ1v) is 31.3. The summed E-state index contributed by atoms with van der Waals surface area (Å²) in [4.78, 5) is 10.0. The second-order valence-electron chi connectivity index (χ2n) is 24.4. The highest BCUT2D eigenvalue weighted by atomic mass is 79.9. The first-order chi connectivity index (χ1) is 44.0. The van der Waals surface area contributed by atoms with E-state index in [-0.39, 0.29) is 0 Å². The van der Waals surface area contributed by atoms with Gasteiger partial charge in [-0.05, 0) is 149 Å². The van der Waals surface area contributed by atoms with Crippen LogP contribution in [0.15, 0.2) is 280 Å². The van der Waals surface area contributed by atoms with Gasteiger partial charge in [0.2, 0.25) is 0 Å². The molecule has 1 aliphatic heterocycles. The number of fused-ring (bicyclic) bond motifs is 22. The minimum Gasteiger partial charge on any atom is -0.454 e. The molecule has 0 bridgehead atoms. The van der Waals surface area contributed by atoms with Gasteiger partial charge in [-0.25, -0.2) is 9.97 Å². The Labute approximate surface area is 526 Å². The van der Waals surface area contributed by atoms with Gasteiger partial charge in [0.05, 0.1) is 33.3 Å². The quantitative estimate of drug-likeness (QED) is 0.163. The molecule has 19 rings (SSSR count). The highest BCUT2D eigenvalue weighted by Crippen LogP contribution is 2.43. The fourth-order valence-corrected chi connectivity index (χ4v) is 13.6. The van der Waals surface area contributed by atoms with E-state index in [1.807, 2.05) is 36.4 Å². The Balaban J connectivity index is 0.000000112. The van der Waals surface area contributed by atoms with E-state index in [2.05, 4.69) is 283 Å². The van der Waals surface area contributed by atoms with Crippen LogP contribution in [0.5, 0.6) is 0 Å². The maximum atomic E-state index is 6.55. The van der Waals surface area contributed by atoms with Crippen molar-refractivity contribution in [3.8, 4) is 33.4 Å². The van der Waals surface area contributed by atoms with Crippen LogP contribution in [0.1, 0.15) is 27.7 Å². The van der Waals surface area contributed by atoms with Gasteiger partial charge < -0.3 is 18.1 Å². The van der Waals surface area contributed by atoms with E-state index in [0.29, 0.717) is 0 Å². The molecule has 90 heavy (non-hydrogen) atoms. The number of furan rings is 2. The van der Waals surface area contributed by atoms with Crippen LogP contribution < -0.4 is 5.46 Å². The summed E-state index contributed by atoms with van der Waals surface area (Å²) in [5.41, 5.74) is 19.1. The summed E-state index contributed by atoms with van der Waals surface area (Å²) in [5.74, 6) is 0. The van der Waals surface area contributed by atoms with Crippen molar-refractivity contribution in [1.82, 2.24) is 18.8 Å².